The second-order valence-electron chi connectivity index (χ2n) is 7.56. The standard InChI is InChI=1S/C24H27N3O3/c1-4-18(15-8-6-5-7-9-15)24(28)25-23-21(16-10-11-16)26-27-22(23)19-13-12-17(29-2)14-20(19)30-3/h5-9,12-14,16,18H,4,10-11H2,1-3H3,(H,25,28)(H,26,27)/t18-/m1/s1. The number of nitrogens with one attached hydrogen (secondary N) is 2. The van der Waals surface area contributed by atoms with E-state index in [0.29, 0.717) is 29.5 Å². The van der Waals surface area contributed by atoms with Crippen molar-refractivity contribution in [2.75, 3.05) is 19.5 Å². The third-order valence-corrected chi connectivity index (χ3v) is 5.62. The minimum absolute atomic E-state index is 0.0271. The maximum Gasteiger partial charge on any atom is 0.232 e. The molecule has 0 bridgehead atoms. The topological polar surface area (TPSA) is 76.2 Å². The Bertz CT molecular complexity index is 1030. The van der Waals surface area contributed by atoms with E-state index >= 15 is 0 Å². The van der Waals surface area contributed by atoms with E-state index in [0.717, 1.165) is 35.3 Å². The van der Waals surface area contributed by atoms with Crippen LogP contribution in [0.15, 0.2) is 48.5 Å². The van der Waals surface area contributed by atoms with Crippen LogP contribution in [0.25, 0.3) is 11.3 Å². The molecule has 0 aliphatic heterocycles. The van der Waals surface area contributed by atoms with Crippen LogP contribution in [0.2, 0.25) is 0 Å². The summed E-state index contributed by atoms with van der Waals surface area (Å²) >= 11 is 0. The fourth-order valence-electron chi connectivity index (χ4n) is 3.81. The molecule has 1 atom stereocenters. The monoisotopic (exact) mass is 405 g/mol. The molecule has 0 spiro atoms. The minimum atomic E-state index is -0.223. The Balaban J connectivity index is 1.71. The molecule has 4 rings (SSSR count). The highest BCUT2D eigenvalue weighted by atomic mass is 16.5. The Morgan fingerprint density at radius 3 is 2.57 bits per heavy atom. The second kappa shape index (κ2) is 8.61. The fourth-order valence-corrected chi connectivity index (χ4v) is 3.81. The zero-order valence-electron chi connectivity index (χ0n) is 17.6. The van der Waals surface area contributed by atoms with Crippen molar-refractivity contribution in [2.45, 2.75) is 38.0 Å². The molecule has 2 N–H and O–H groups in total. The van der Waals surface area contributed by atoms with Crippen LogP contribution in [0.4, 0.5) is 5.69 Å². The molecule has 1 saturated carbocycles. The van der Waals surface area contributed by atoms with E-state index < -0.39 is 0 Å². The van der Waals surface area contributed by atoms with Crippen molar-refractivity contribution in [1.82, 2.24) is 10.2 Å². The van der Waals surface area contributed by atoms with E-state index in [1.165, 1.54) is 0 Å². The lowest BCUT2D eigenvalue weighted by Crippen LogP contribution is -2.21. The molecule has 1 aromatic heterocycles. The molecule has 6 heteroatoms. The van der Waals surface area contributed by atoms with Crippen LogP contribution < -0.4 is 14.8 Å². The highest BCUT2D eigenvalue weighted by Crippen LogP contribution is 2.47. The van der Waals surface area contributed by atoms with Crippen molar-refractivity contribution in [3.05, 3.63) is 59.8 Å². The first-order valence-electron chi connectivity index (χ1n) is 10.3. The molecule has 0 radical (unpaired) electrons. The highest BCUT2D eigenvalue weighted by Gasteiger charge is 2.32. The number of amides is 1. The van der Waals surface area contributed by atoms with Crippen molar-refractivity contribution in [3.8, 4) is 22.8 Å². The van der Waals surface area contributed by atoms with Gasteiger partial charge in [0.15, 0.2) is 0 Å². The van der Waals surface area contributed by atoms with Gasteiger partial charge in [-0.15, -0.1) is 0 Å². The van der Waals surface area contributed by atoms with Crippen LogP contribution in [0.3, 0.4) is 0 Å². The maximum atomic E-state index is 13.3. The molecule has 3 aromatic rings. The molecule has 2 aromatic carbocycles. The summed E-state index contributed by atoms with van der Waals surface area (Å²) in [6.07, 6.45) is 2.91. The smallest absolute Gasteiger partial charge is 0.232 e. The number of hydrogen-bond acceptors (Lipinski definition) is 4. The van der Waals surface area contributed by atoms with Gasteiger partial charge in [-0.1, -0.05) is 37.3 Å². The largest absolute Gasteiger partial charge is 0.497 e. The molecule has 0 saturated heterocycles. The predicted octanol–water partition coefficient (Wildman–Crippen LogP) is 5.10. The first-order chi connectivity index (χ1) is 14.7. The van der Waals surface area contributed by atoms with E-state index in [4.69, 9.17) is 9.47 Å². The highest BCUT2D eigenvalue weighted by molar-refractivity contribution is 6.00. The van der Waals surface area contributed by atoms with Gasteiger partial charge < -0.3 is 14.8 Å². The second-order valence-corrected chi connectivity index (χ2v) is 7.56. The van der Waals surface area contributed by atoms with Crippen LogP contribution in [0.1, 0.15) is 49.3 Å². The molecule has 30 heavy (non-hydrogen) atoms. The quantitative estimate of drug-likeness (QED) is 0.546. The van der Waals surface area contributed by atoms with Gasteiger partial charge in [-0.25, -0.2) is 0 Å². The number of anilines is 1. The number of ether oxygens (including phenoxy) is 2. The summed E-state index contributed by atoms with van der Waals surface area (Å²) in [5.41, 5.74) is 4.24. The Labute approximate surface area is 176 Å². The number of hydrogen-bond donors (Lipinski definition) is 2. The van der Waals surface area contributed by atoms with Crippen molar-refractivity contribution < 1.29 is 14.3 Å². The molecular weight excluding hydrogens is 378 g/mol. The van der Waals surface area contributed by atoms with E-state index in [1.807, 2.05) is 55.5 Å². The third-order valence-electron chi connectivity index (χ3n) is 5.62. The van der Waals surface area contributed by atoms with Gasteiger partial charge in [-0.05, 0) is 37.0 Å². The summed E-state index contributed by atoms with van der Waals surface area (Å²) in [5.74, 6) is 1.50. The number of aromatic amines is 1. The Kier molecular flexibility index (Phi) is 5.74. The first-order valence-corrected chi connectivity index (χ1v) is 10.3. The number of carbonyl (C=O) groups is 1. The minimum Gasteiger partial charge on any atom is -0.497 e. The van der Waals surface area contributed by atoms with E-state index in [2.05, 4.69) is 15.5 Å². The molecule has 1 aliphatic rings. The summed E-state index contributed by atoms with van der Waals surface area (Å²) in [6, 6.07) is 15.5. The van der Waals surface area contributed by atoms with Crippen LogP contribution in [0, 0.1) is 0 Å². The summed E-state index contributed by atoms with van der Waals surface area (Å²) < 4.78 is 10.9. The zero-order valence-corrected chi connectivity index (χ0v) is 17.6. The van der Waals surface area contributed by atoms with Crippen LogP contribution >= 0.6 is 0 Å². The predicted molar refractivity (Wildman–Crippen MR) is 117 cm³/mol. The van der Waals surface area contributed by atoms with Crippen LogP contribution in [-0.4, -0.2) is 30.3 Å². The third kappa shape index (κ3) is 3.90. The molecule has 1 fully saturated rings. The number of methoxy groups -OCH3 is 2. The number of carbonyl (C=O) groups excluding carboxylic acids is 1. The number of rotatable bonds is 8. The van der Waals surface area contributed by atoms with E-state index in [-0.39, 0.29) is 11.8 Å². The normalized spacial score (nSPS) is 14.2. The summed E-state index contributed by atoms with van der Waals surface area (Å²) in [6.45, 7) is 2.03. The number of H-pyrrole nitrogens is 1. The average molecular weight is 405 g/mol. The summed E-state index contributed by atoms with van der Waals surface area (Å²) in [5, 5.41) is 10.9. The van der Waals surface area contributed by atoms with Gasteiger partial charge in [0, 0.05) is 17.5 Å². The summed E-state index contributed by atoms with van der Waals surface area (Å²) in [4.78, 5) is 13.3. The maximum absolute atomic E-state index is 13.3. The average Bonchev–Trinajstić information content (AvgIpc) is 3.55. The number of nitrogens with zero attached hydrogens (tertiary/aromatic N) is 1. The number of aromatic nitrogens is 2. The molecule has 1 heterocycles. The van der Waals surface area contributed by atoms with E-state index in [1.54, 1.807) is 14.2 Å². The van der Waals surface area contributed by atoms with Crippen molar-refractivity contribution in [1.29, 1.82) is 0 Å². The fraction of sp³-hybridized carbons (Fsp3) is 0.333. The van der Waals surface area contributed by atoms with E-state index in [9.17, 15) is 4.79 Å². The Morgan fingerprint density at radius 1 is 1.17 bits per heavy atom. The van der Waals surface area contributed by atoms with Gasteiger partial charge in [-0.2, -0.15) is 5.10 Å². The Hall–Kier alpha value is -3.28. The summed E-state index contributed by atoms with van der Waals surface area (Å²) in [7, 11) is 3.24. The lowest BCUT2D eigenvalue weighted by atomic mass is 9.95. The molecule has 1 amide bonds. The van der Waals surface area contributed by atoms with Gasteiger partial charge in [0.05, 0.1) is 31.5 Å². The Morgan fingerprint density at radius 2 is 1.93 bits per heavy atom. The first kappa shape index (κ1) is 20.0. The molecule has 0 unspecified atom stereocenters. The van der Waals surface area contributed by atoms with Gasteiger partial charge in [0.25, 0.3) is 0 Å². The lowest BCUT2D eigenvalue weighted by Gasteiger charge is -2.17. The van der Waals surface area contributed by atoms with Gasteiger partial charge in [-0.3, -0.25) is 9.89 Å². The van der Waals surface area contributed by atoms with Crippen molar-refractivity contribution >= 4 is 11.6 Å². The van der Waals surface area contributed by atoms with Crippen LogP contribution in [-0.2, 0) is 4.79 Å². The lowest BCUT2D eigenvalue weighted by molar-refractivity contribution is -0.117. The molecule has 6 nitrogen and oxygen atoms in total. The van der Waals surface area contributed by atoms with Gasteiger partial charge in [0.2, 0.25) is 5.91 Å². The molecule has 156 valence electrons. The van der Waals surface area contributed by atoms with Gasteiger partial charge >= 0.3 is 0 Å². The zero-order chi connectivity index (χ0) is 21.1. The molecule has 1 aliphatic carbocycles. The van der Waals surface area contributed by atoms with Crippen molar-refractivity contribution in [3.63, 3.8) is 0 Å². The molecular formula is C24H27N3O3. The van der Waals surface area contributed by atoms with Crippen molar-refractivity contribution in [2.24, 2.45) is 0 Å². The van der Waals surface area contributed by atoms with Crippen LogP contribution in [0.5, 0.6) is 11.5 Å². The number of benzene rings is 2. The van der Waals surface area contributed by atoms with Gasteiger partial charge in [0.1, 0.15) is 17.2 Å². The SMILES string of the molecule is CC[C@@H](C(=O)Nc1c(-c2ccc(OC)cc2OC)n[nH]c1C1CC1)c1ccccc1.